The van der Waals surface area contributed by atoms with Gasteiger partial charge in [-0.3, -0.25) is 9.59 Å². The van der Waals surface area contributed by atoms with E-state index < -0.39 is 11.8 Å². The van der Waals surface area contributed by atoms with Crippen LogP contribution in [0.2, 0.25) is 0 Å². The van der Waals surface area contributed by atoms with Gasteiger partial charge in [0.15, 0.2) is 0 Å². The van der Waals surface area contributed by atoms with Crippen molar-refractivity contribution in [2.45, 2.75) is 58.4 Å². The van der Waals surface area contributed by atoms with Crippen LogP contribution >= 0.6 is 0 Å². The Balaban J connectivity index is 1.65. The first-order valence-electron chi connectivity index (χ1n) is 9.60. The molecule has 0 spiro atoms. The predicted molar refractivity (Wildman–Crippen MR) is 96.0 cm³/mol. The third kappa shape index (κ3) is 6.21. The Morgan fingerprint density at radius 2 is 1.56 bits per heavy atom. The van der Waals surface area contributed by atoms with Crippen molar-refractivity contribution in [1.29, 1.82) is 0 Å². The number of rotatable bonds is 4. The van der Waals surface area contributed by atoms with E-state index in [0.29, 0.717) is 26.2 Å². The molecule has 0 unspecified atom stereocenters. The number of carbonyl (C=O) groups excluding carboxylic acids is 3. The van der Waals surface area contributed by atoms with Crippen molar-refractivity contribution in [3.05, 3.63) is 0 Å². The molecule has 1 heterocycles. The largest absolute Gasteiger partial charge is 0.346 e. The van der Waals surface area contributed by atoms with E-state index in [1.165, 1.54) is 37.0 Å². The summed E-state index contributed by atoms with van der Waals surface area (Å²) >= 11 is 0. The van der Waals surface area contributed by atoms with Crippen LogP contribution in [0, 0.1) is 5.92 Å². The second kappa shape index (κ2) is 9.63. The number of nitrogens with one attached hydrogen (secondary N) is 2. The molecule has 25 heavy (non-hydrogen) atoms. The molecule has 2 rings (SSSR count). The molecule has 142 valence electrons. The Kier molecular flexibility index (Phi) is 7.52. The minimum absolute atomic E-state index is 0.0606. The SMILES string of the molecule is CC(C)NC(=O)C(=O)N1CCN(C(=O)NCCC2CCCCC2)CC1. The minimum Gasteiger partial charge on any atom is -0.346 e. The molecule has 1 aliphatic carbocycles. The van der Waals surface area contributed by atoms with Gasteiger partial charge in [-0.25, -0.2) is 4.79 Å². The molecule has 1 aliphatic heterocycles. The predicted octanol–water partition coefficient (Wildman–Crippen LogP) is 1.34. The number of nitrogens with zero attached hydrogens (tertiary/aromatic N) is 2. The lowest BCUT2D eigenvalue weighted by Crippen LogP contribution is -2.56. The van der Waals surface area contributed by atoms with Crippen LogP contribution in [0.5, 0.6) is 0 Å². The summed E-state index contributed by atoms with van der Waals surface area (Å²) in [4.78, 5) is 39.3. The van der Waals surface area contributed by atoms with Crippen molar-refractivity contribution in [1.82, 2.24) is 20.4 Å². The first-order valence-corrected chi connectivity index (χ1v) is 9.60. The van der Waals surface area contributed by atoms with Gasteiger partial charge in [0.25, 0.3) is 0 Å². The van der Waals surface area contributed by atoms with E-state index in [4.69, 9.17) is 0 Å². The fourth-order valence-electron chi connectivity index (χ4n) is 3.55. The molecule has 7 nitrogen and oxygen atoms in total. The van der Waals surface area contributed by atoms with Crippen molar-refractivity contribution >= 4 is 17.8 Å². The molecular formula is C18H32N4O3. The van der Waals surface area contributed by atoms with E-state index in [2.05, 4.69) is 10.6 Å². The second-order valence-electron chi connectivity index (χ2n) is 7.43. The van der Waals surface area contributed by atoms with Gasteiger partial charge in [-0.15, -0.1) is 0 Å². The summed E-state index contributed by atoms with van der Waals surface area (Å²) in [6.07, 6.45) is 7.61. The number of piperazine rings is 1. The van der Waals surface area contributed by atoms with Crippen LogP contribution in [0.4, 0.5) is 4.79 Å². The lowest BCUT2D eigenvalue weighted by Gasteiger charge is -2.34. The number of amides is 4. The molecule has 0 aromatic heterocycles. The van der Waals surface area contributed by atoms with E-state index in [0.717, 1.165) is 18.9 Å². The van der Waals surface area contributed by atoms with Gasteiger partial charge in [0, 0.05) is 38.8 Å². The average molecular weight is 352 g/mol. The summed E-state index contributed by atoms with van der Waals surface area (Å²) in [5.74, 6) is -0.325. The summed E-state index contributed by atoms with van der Waals surface area (Å²) in [5, 5.41) is 5.61. The van der Waals surface area contributed by atoms with Crippen LogP contribution in [0.15, 0.2) is 0 Å². The zero-order valence-electron chi connectivity index (χ0n) is 15.6. The number of hydrogen-bond donors (Lipinski definition) is 2. The maximum absolute atomic E-state index is 12.2. The van der Waals surface area contributed by atoms with Crippen LogP contribution < -0.4 is 10.6 Å². The molecule has 2 N–H and O–H groups in total. The fraction of sp³-hybridized carbons (Fsp3) is 0.833. The number of hydrogen-bond acceptors (Lipinski definition) is 3. The van der Waals surface area contributed by atoms with Gasteiger partial charge in [-0.2, -0.15) is 0 Å². The summed E-state index contributed by atoms with van der Waals surface area (Å²) in [7, 11) is 0. The zero-order chi connectivity index (χ0) is 18.2. The van der Waals surface area contributed by atoms with Gasteiger partial charge in [-0.1, -0.05) is 32.1 Å². The Morgan fingerprint density at radius 1 is 0.960 bits per heavy atom. The highest BCUT2D eigenvalue weighted by molar-refractivity contribution is 6.35. The van der Waals surface area contributed by atoms with Crippen LogP contribution in [0.3, 0.4) is 0 Å². The third-order valence-corrected chi connectivity index (χ3v) is 5.02. The Morgan fingerprint density at radius 3 is 2.16 bits per heavy atom. The van der Waals surface area contributed by atoms with Crippen molar-refractivity contribution in [2.24, 2.45) is 5.92 Å². The van der Waals surface area contributed by atoms with Crippen molar-refractivity contribution < 1.29 is 14.4 Å². The van der Waals surface area contributed by atoms with E-state index in [9.17, 15) is 14.4 Å². The lowest BCUT2D eigenvalue weighted by atomic mass is 9.87. The van der Waals surface area contributed by atoms with E-state index in [1.54, 1.807) is 4.90 Å². The average Bonchev–Trinajstić information content (AvgIpc) is 2.61. The molecule has 2 aliphatic rings. The molecular weight excluding hydrogens is 320 g/mol. The van der Waals surface area contributed by atoms with Gasteiger partial charge in [0.1, 0.15) is 0 Å². The molecule has 4 amide bonds. The van der Waals surface area contributed by atoms with Crippen molar-refractivity contribution in [3.63, 3.8) is 0 Å². The van der Waals surface area contributed by atoms with Crippen molar-refractivity contribution in [2.75, 3.05) is 32.7 Å². The summed E-state index contributed by atoms with van der Waals surface area (Å²) in [6.45, 7) is 6.10. The van der Waals surface area contributed by atoms with Crippen molar-refractivity contribution in [3.8, 4) is 0 Å². The smallest absolute Gasteiger partial charge is 0.317 e. The highest BCUT2D eigenvalue weighted by atomic mass is 16.2. The van der Waals surface area contributed by atoms with Gasteiger partial charge in [-0.05, 0) is 26.2 Å². The van der Waals surface area contributed by atoms with Crippen LogP contribution in [-0.2, 0) is 9.59 Å². The molecule has 1 saturated heterocycles. The minimum atomic E-state index is -0.569. The monoisotopic (exact) mass is 352 g/mol. The third-order valence-electron chi connectivity index (χ3n) is 5.02. The molecule has 1 saturated carbocycles. The summed E-state index contributed by atoms with van der Waals surface area (Å²) in [5.41, 5.74) is 0. The van der Waals surface area contributed by atoms with Crippen LogP contribution in [-0.4, -0.2) is 66.4 Å². The maximum Gasteiger partial charge on any atom is 0.317 e. The van der Waals surface area contributed by atoms with E-state index >= 15 is 0 Å². The highest BCUT2D eigenvalue weighted by Crippen LogP contribution is 2.25. The van der Waals surface area contributed by atoms with Gasteiger partial charge < -0.3 is 20.4 Å². The standard InChI is InChI=1S/C18H32N4O3/c1-14(2)20-16(23)17(24)21-10-12-22(13-11-21)18(25)19-9-8-15-6-4-3-5-7-15/h14-15H,3-13H2,1-2H3,(H,19,25)(H,20,23). The second-order valence-corrected chi connectivity index (χ2v) is 7.43. The van der Waals surface area contributed by atoms with E-state index in [-0.39, 0.29) is 12.1 Å². The van der Waals surface area contributed by atoms with Gasteiger partial charge >= 0.3 is 17.8 Å². The quantitative estimate of drug-likeness (QED) is 0.749. The van der Waals surface area contributed by atoms with Gasteiger partial charge in [0.2, 0.25) is 0 Å². The maximum atomic E-state index is 12.2. The molecule has 0 aromatic carbocycles. The molecule has 0 bridgehead atoms. The topological polar surface area (TPSA) is 81.8 Å². The Hall–Kier alpha value is -1.79. The van der Waals surface area contributed by atoms with Crippen LogP contribution in [0.25, 0.3) is 0 Å². The molecule has 0 aromatic rings. The molecule has 0 radical (unpaired) electrons. The summed E-state index contributed by atoms with van der Waals surface area (Å²) in [6, 6.07) is -0.123. The zero-order valence-corrected chi connectivity index (χ0v) is 15.6. The van der Waals surface area contributed by atoms with Gasteiger partial charge in [0.05, 0.1) is 0 Å². The molecule has 7 heteroatoms. The Bertz CT molecular complexity index is 467. The van der Waals surface area contributed by atoms with E-state index in [1.807, 2.05) is 13.8 Å². The highest BCUT2D eigenvalue weighted by Gasteiger charge is 2.28. The van der Waals surface area contributed by atoms with Crippen LogP contribution in [0.1, 0.15) is 52.4 Å². The fourth-order valence-corrected chi connectivity index (χ4v) is 3.55. The first kappa shape index (κ1) is 19.5. The Labute approximate surface area is 150 Å². The number of urea groups is 1. The normalized spacial score (nSPS) is 19.0. The number of carbonyl (C=O) groups is 3. The lowest BCUT2D eigenvalue weighted by molar-refractivity contribution is -0.147. The first-order chi connectivity index (χ1) is 12.0. The summed E-state index contributed by atoms with van der Waals surface area (Å²) < 4.78 is 0. The molecule has 2 fully saturated rings. The molecule has 0 atom stereocenters.